The Balaban J connectivity index is 2.05. The van der Waals surface area contributed by atoms with Crippen LogP contribution in [-0.2, 0) is 19.6 Å². The summed E-state index contributed by atoms with van der Waals surface area (Å²) >= 11 is 0. The zero-order chi connectivity index (χ0) is 14.4. The molecule has 0 spiro atoms. The largest absolute Gasteiger partial charge is 0.497 e. The van der Waals surface area contributed by atoms with E-state index in [0.717, 1.165) is 29.0 Å². The minimum atomic E-state index is -0.00554. The van der Waals surface area contributed by atoms with E-state index in [1.165, 1.54) is 0 Å². The van der Waals surface area contributed by atoms with Gasteiger partial charge in [0.1, 0.15) is 12.4 Å². The first kappa shape index (κ1) is 14.3. The van der Waals surface area contributed by atoms with E-state index in [2.05, 4.69) is 4.98 Å². The Kier molecular flexibility index (Phi) is 4.96. The average molecular weight is 273 g/mol. The molecule has 2 aromatic rings. The van der Waals surface area contributed by atoms with Gasteiger partial charge in [0, 0.05) is 11.8 Å². The van der Waals surface area contributed by atoms with Crippen LogP contribution in [0, 0.1) is 0 Å². The highest BCUT2D eigenvalue weighted by Crippen LogP contribution is 2.16. The van der Waals surface area contributed by atoms with Crippen molar-refractivity contribution in [3.8, 4) is 11.6 Å². The molecule has 1 aromatic carbocycles. The number of aliphatic hydroxyl groups is 1. The van der Waals surface area contributed by atoms with Crippen molar-refractivity contribution >= 4 is 0 Å². The average Bonchev–Trinajstić information content (AvgIpc) is 2.53. The quantitative estimate of drug-likeness (QED) is 0.879. The lowest BCUT2D eigenvalue weighted by atomic mass is 10.2. The van der Waals surface area contributed by atoms with Gasteiger partial charge in [-0.25, -0.2) is 4.98 Å². The second kappa shape index (κ2) is 6.91. The summed E-state index contributed by atoms with van der Waals surface area (Å²) in [6.07, 6.45) is 0.812. The molecule has 0 saturated carbocycles. The number of pyridine rings is 1. The van der Waals surface area contributed by atoms with Gasteiger partial charge >= 0.3 is 0 Å². The second-order valence-corrected chi connectivity index (χ2v) is 4.45. The summed E-state index contributed by atoms with van der Waals surface area (Å²) in [6, 6.07) is 11.4. The van der Waals surface area contributed by atoms with Gasteiger partial charge in [0.15, 0.2) is 0 Å². The van der Waals surface area contributed by atoms with Gasteiger partial charge in [-0.15, -0.1) is 0 Å². The molecule has 0 aliphatic carbocycles. The minimum Gasteiger partial charge on any atom is -0.497 e. The third kappa shape index (κ3) is 3.71. The lowest BCUT2D eigenvalue weighted by Crippen LogP contribution is -2.01. The highest BCUT2D eigenvalue weighted by molar-refractivity contribution is 5.28. The smallest absolute Gasteiger partial charge is 0.214 e. The topological polar surface area (TPSA) is 51.6 Å². The highest BCUT2D eigenvalue weighted by Gasteiger charge is 2.03. The van der Waals surface area contributed by atoms with E-state index in [0.29, 0.717) is 12.5 Å². The number of rotatable bonds is 6. The Bertz CT molecular complexity index is 530. The molecular formula is C16H19NO3. The fourth-order valence-corrected chi connectivity index (χ4v) is 1.85. The molecule has 0 radical (unpaired) electrons. The van der Waals surface area contributed by atoms with Crippen molar-refractivity contribution in [2.24, 2.45) is 0 Å². The fourth-order valence-electron chi connectivity index (χ4n) is 1.85. The van der Waals surface area contributed by atoms with E-state index in [1.54, 1.807) is 13.2 Å². The summed E-state index contributed by atoms with van der Waals surface area (Å²) < 4.78 is 10.8. The van der Waals surface area contributed by atoms with Gasteiger partial charge in [-0.05, 0) is 35.7 Å². The third-order valence-corrected chi connectivity index (χ3v) is 3.01. The predicted molar refractivity (Wildman–Crippen MR) is 76.9 cm³/mol. The molecule has 0 aliphatic rings. The van der Waals surface area contributed by atoms with Crippen LogP contribution in [0.4, 0.5) is 0 Å². The second-order valence-electron chi connectivity index (χ2n) is 4.45. The number of hydrogen-bond acceptors (Lipinski definition) is 4. The first-order valence-electron chi connectivity index (χ1n) is 6.61. The maximum atomic E-state index is 9.23. The monoisotopic (exact) mass is 273 g/mol. The molecule has 1 N–H and O–H groups in total. The number of benzene rings is 1. The van der Waals surface area contributed by atoms with E-state index in [4.69, 9.17) is 9.47 Å². The maximum Gasteiger partial charge on any atom is 0.214 e. The van der Waals surface area contributed by atoms with Crippen LogP contribution in [0.15, 0.2) is 36.4 Å². The van der Waals surface area contributed by atoms with Crippen LogP contribution in [-0.4, -0.2) is 17.2 Å². The van der Waals surface area contributed by atoms with Gasteiger partial charge in [0.2, 0.25) is 5.88 Å². The first-order valence-corrected chi connectivity index (χ1v) is 6.61. The van der Waals surface area contributed by atoms with Gasteiger partial charge in [0.05, 0.1) is 13.7 Å². The summed E-state index contributed by atoms with van der Waals surface area (Å²) in [5.41, 5.74) is 2.78. The molecule has 0 atom stereocenters. The summed E-state index contributed by atoms with van der Waals surface area (Å²) in [5.74, 6) is 1.37. The number of aromatic nitrogens is 1. The van der Waals surface area contributed by atoms with E-state index in [9.17, 15) is 5.11 Å². The van der Waals surface area contributed by atoms with Crippen molar-refractivity contribution in [2.45, 2.75) is 26.6 Å². The zero-order valence-corrected chi connectivity index (χ0v) is 11.8. The molecule has 0 fully saturated rings. The normalized spacial score (nSPS) is 10.3. The van der Waals surface area contributed by atoms with Crippen LogP contribution in [0.3, 0.4) is 0 Å². The van der Waals surface area contributed by atoms with E-state index in [-0.39, 0.29) is 6.61 Å². The molecule has 0 bridgehead atoms. The Morgan fingerprint density at radius 1 is 1.10 bits per heavy atom. The van der Waals surface area contributed by atoms with Crippen LogP contribution < -0.4 is 9.47 Å². The zero-order valence-electron chi connectivity index (χ0n) is 11.8. The van der Waals surface area contributed by atoms with Crippen molar-refractivity contribution < 1.29 is 14.6 Å². The number of aryl methyl sites for hydroxylation is 1. The van der Waals surface area contributed by atoms with Crippen molar-refractivity contribution in [3.63, 3.8) is 0 Å². The Labute approximate surface area is 119 Å². The third-order valence-electron chi connectivity index (χ3n) is 3.01. The summed E-state index contributed by atoms with van der Waals surface area (Å²) in [5, 5.41) is 9.23. The molecule has 0 amide bonds. The van der Waals surface area contributed by atoms with Gasteiger partial charge in [-0.3, -0.25) is 0 Å². The summed E-state index contributed by atoms with van der Waals surface area (Å²) in [7, 11) is 1.64. The molecule has 4 heteroatoms. The van der Waals surface area contributed by atoms with Crippen molar-refractivity contribution in [1.82, 2.24) is 4.98 Å². The van der Waals surface area contributed by atoms with Crippen molar-refractivity contribution in [1.29, 1.82) is 0 Å². The molecule has 2 rings (SSSR count). The van der Waals surface area contributed by atoms with Crippen LogP contribution in [0.5, 0.6) is 11.6 Å². The molecule has 20 heavy (non-hydrogen) atoms. The van der Waals surface area contributed by atoms with E-state index < -0.39 is 0 Å². The molecule has 0 unspecified atom stereocenters. The number of aliphatic hydroxyl groups excluding tert-OH is 1. The summed E-state index contributed by atoms with van der Waals surface area (Å²) in [4.78, 5) is 4.39. The summed E-state index contributed by atoms with van der Waals surface area (Å²) in [6.45, 7) is 2.46. The molecule has 0 aliphatic heterocycles. The molecule has 106 valence electrons. The van der Waals surface area contributed by atoms with Crippen LogP contribution in [0.2, 0.25) is 0 Å². The Hall–Kier alpha value is -2.07. The van der Waals surface area contributed by atoms with E-state index >= 15 is 0 Å². The first-order chi connectivity index (χ1) is 9.75. The lowest BCUT2D eigenvalue weighted by molar-refractivity contribution is 0.274. The number of methoxy groups -OCH3 is 1. The predicted octanol–water partition coefficient (Wildman–Crippen LogP) is 2.72. The van der Waals surface area contributed by atoms with Crippen molar-refractivity contribution in [3.05, 3.63) is 53.2 Å². The fraction of sp³-hybridized carbons (Fsp3) is 0.312. The SMILES string of the molecule is CCc1cc(CO)cc(OCc2ccc(OC)cc2)n1. The van der Waals surface area contributed by atoms with Gasteiger partial charge in [-0.2, -0.15) is 0 Å². The Morgan fingerprint density at radius 2 is 1.85 bits per heavy atom. The van der Waals surface area contributed by atoms with Gasteiger partial charge in [-0.1, -0.05) is 19.1 Å². The van der Waals surface area contributed by atoms with Crippen LogP contribution in [0.25, 0.3) is 0 Å². The minimum absolute atomic E-state index is 0.00554. The van der Waals surface area contributed by atoms with Gasteiger partial charge in [0.25, 0.3) is 0 Å². The lowest BCUT2D eigenvalue weighted by Gasteiger charge is -2.09. The van der Waals surface area contributed by atoms with Crippen LogP contribution in [0.1, 0.15) is 23.7 Å². The number of nitrogens with zero attached hydrogens (tertiary/aromatic N) is 1. The van der Waals surface area contributed by atoms with Gasteiger partial charge < -0.3 is 14.6 Å². The number of hydrogen-bond donors (Lipinski definition) is 1. The van der Waals surface area contributed by atoms with E-state index in [1.807, 2.05) is 37.3 Å². The molecule has 1 heterocycles. The Morgan fingerprint density at radius 3 is 2.45 bits per heavy atom. The van der Waals surface area contributed by atoms with Crippen molar-refractivity contribution in [2.75, 3.05) is 7.11 Å². The van der Waals surface area contributed by atoms with Crippen LogP contribution >= 0.6 is 0 Å². The maximum absolute atomic E-state index is 9.23. The molecule has 0 saturated heterocycles. The standard InChI is InChI=1S/C16H19NO3/c1-3-14-8-13(10-18)9-16(17-14)20-11-12-4-6-15(19-2)7-5-12/h4-9,18H,3,10-11H2,1-2H3. The number of ether oxygens (including phenoxy) is 2. The molecular weight excluding hydrogens is 254 g/mol. The molecule has 4 nitrogen and oxygen atoms in total. The highest BCUT2D eigenvalue weighted by atomic mass is 16.5. The molecule has 1 aromatic heterocycles.